The molecule has 3 heteroatoms. The van der Waals surface area contributed by atoms with E-state index in [1.807, 2.05) is 13.0 Å². The molecule has 16 heavy (non-hydrogen) atoms. The van der Waals surface area contributed by atoms with Crippen LogP contribution in [0.15, 0.2) is 24.4 Å². The van der Waals surface area contributed by atoms with Crippen molar-refractivity contribution < 1.29 is 0 Å². The third-order valence-corrected chi connectivity index (χ3v) is 3.02. The second-order valence-electron chi connectivity index (χ2n) is 4.23. The number of fused-ring (bicyclic) bond motifs is 1. The fourth-order valence-corrected chi connectivity index (χ4v) is 1.99. The van der Waals surface area contributed by atoms with Crippen LogP contribution in [0.1, 0.15) is 26.0 Å². The summed E-state index contributed by atoms with van der Waals surface area (Å²) >= 11 is 0. The maximum Gasteiger partial charge on any atom is 0.137 e. The minimum atomic E-state index is 0.341. The fraction of sp³-hybridized carbons (Fsp3) is 0.385. The predicted molar refractivity (Wildman–Crippen MR) is 67.0 cm³/mol. The Kier molecular flexibility index (Phi) is 3.04. The zero-order chi connectivity index (χ0) is 11.5. The Balaban J connectivity index is 2.24. The molecule has 2 N–H and O–H groups in total. The Labute approximate surface area is 95.4 Å². The summed E-state index contributed by atoms with van der Waals surface area (Å²) in [6.07, 6.45) is 3.71. The molecule has 2 rings (SSSR count). The van der Waals surface area contributed by atoms with Crippen LogP contribution in [0.25, 0.3) is 11.0 Å². The van der Waals surface area contributed by atoms with E-state index >= 15 is 0 Å². The summed E-state index contributed by atoms with van der Waals surface area (Å²) in [7, 11) is 0. The number of aromatic nitrogens is 2. The van der Waals surface area contributed by atoms with Gasteiger partial charge in [-0.3, -0.25) is 0 Å². The molecule has 2 aromatic heterocycles. The van der Waals surface area contributed by atoms with Crippen LogP contribution in [-0.2, 0) is 6.42 Å². The van der Waals surface area contributed by atoms with Crippen molar-refractivity contribution in [3.05, 3.63) is 30.1 Å². The van der Waals surface area contributed by atoms with Gasteiger partial charge in [0, 0.05) is 28.9 Å². The highest BCUT2D eigenvalue weighted by Crippen LogP contribution is 2.17. The highest BCUT2D eigenvalue weighted by molar-refractivity contribution is 5.82. The highest BCUT2D eigenvalue weighted by atomic mass is 14.8. The van der Waals surface area contributed by atoms with Gasteiger partial charge in [0.05, 0.1) is 0 Å². The first-order valence-electron chi connectivity index (χ1n) is 5.68. The summed E-state index contributed by atoms with van der Waals surface area (Å²) < 4.78 is 0. The van der Waals surface area contributed by atoms with Gasteiger partial charge in [0.1, 0.15) is 5.65 Å². The Bertz CT molecular complexity index is 466. The number of H-pyrrole nitrogens is 1. The van der Waals surface area contributed by atoms with Crippen molar-refractivity contribution in [1.82, 2.24) is 9.97 Å². The first-order valence-corrected chi connectivity index (χ1v) is 5.68. The third kappa shape index (κ3) is 2.13. The quantitative estimate of drug-likeness (QED) is 0.756. The fourth-order valence-electron chi connectivity index (χ4n) is 1.99. The Morgan fingerprint density at radius 3 is 3.00 bits per heavy atom. The molecule has 0 amide bonds. The Hall–Kier alpha value is -1.64. The summed E-state index contributed by atoms with van der Waals surface area (Å²) in [4.78, 5) is 7.58. The number of nitrogens with zero attached hydrogens (tertiary/aromatic N) is 1. The SMILES string of the molecule is CC[C@H](Cc1cc2cccnc2[nH]1)C(C)=N. The molecule has 3 nitrogen and oxygen atoms in total. The summed E-state index contributed by atoms with van der Waals surface area (Å²) in [5, 5.41) is 8.85. The van der Waals surface area contributed by atoms with E-state index < -0.39 is 0 Å². The van der Waals surface area contributed by atoms with E-state index in [0.717, 1.165) is 29.6 Å². The molecule has 0 unspecified atom stereocenters. The van der Waals surface area contributed by atoms with Crippen LogP contribution in [0.2, 0.25) is 0 Å². The summed E-state index contributed by atoms with van der Waals surface area (Å²) in [5.74, 6) is 0.341. The first-order chi connectivity index (χ1) is 7.70. The maximum absolute atomic E-state index is 7.71. The molecule has 84 valence electrons. The van der Waals surface area contributed by atoms with Crippen LogP contribution in [0.4, 0.5) is 0 Å². The molecule has 0 fully saturated rings. The van der Waals surface area contributed by atoms with Crippen molar-refractivity contribution in [1.29, 1.82) is 5.41 Å². The van der Waals surface area contributed by atoms with Gasteiger partial charge in [-0.15, -0.1) is 0 Å². The second-order valence-corrected chi connectivity index (χ2v) is 4.23. The van der Waals surface area contributed by atoms with Gasteiger partial charge in [-0.2, -0.15) is 0 Å². The molecule has 1 atom stereocenters. The van der Waals surface area contributed by atoms with Crippen molar-refractivity contribution >= 4 is 16.7 Å². The lowest BCUT2D eigenvalue weighted by Gasteiger charge is -2.11. The van der Waals surface area contributed by atoms with E-state index in [4.69, 9.17) is 5.41 Å². The molecule has 0 saturated carbocycles. The predicted octanol–water partition coefficient (Wildman–Crippen LogP) is 3.17. The molecule has 2 heterocycles. The number of aromatic amines is 1. The maximum atomic E-state index is 7.71. The van der Waals surface area contributed by atoms with Crippen molar-refractivity contribution in [2.24, 2.45) is 5.92 Å². The first kappa shape index (κ1) is 10.9. The molecule has 0 aromatic carbocycles. The summed E-state index contributed by atoms with van der Waals surface area (Å²) in [6, 6.07) is 6.13. The van der Waals surface area contributed by atoms with E-state index in [2.05, 4.69) is 29.0 Å². The van der Waals surface area contributed by atoms with E-state index in [1.165, 1.54) is 5.69 Å². The molecule has 0 spiro atoms. The summed E-state index contributed by atoms with van der Waals surface area (Å²) in [5.41, 5.74) is 2.87. The van der Waals surface area contributed by atoms with Crippen molar-refractivity contribution in [3.63, 3.8) is 0 Å². The van der Waals surface area contributed by atoms with E-state index in [-0.39, 0.29) is 0 Å². The zero-order valence-corrected chi connectivity index (χ0v) is 9.75. The Morgan fingerprint density at radius 2 is 2.38 bits per heavy atom. The Morgan fingerprint density at radius 1 is 1.56 bits per heavy atom. The van der Waals surface area contributed by atoms with Crippen LogP contribution < -0.4 is 0 Å². The van der Waals surface area contributed by atoms with Crippen molar-refractivity contribution in [3.8, 4) is 0 Å². The number of hydrogen-bond donors (Lipinski definition) is 2. The second kappa shape index (κ2) is 4.47. The number of pyridine rings is 1. The van der Waals surface area contributed by atoms with E-state index in [1.54, 1.807) is 6.20 Å². The van der Waals surface area contributed by atoms with Gasteiger partial charge in [-0.05, 0) is 38.0 Å². The van der Waals surface area contributed by atoms with E-state index in [9.17, 15) is 0 Å². The minimum absolute atomic E-state index is 0.341. The highest BCUT2D eigenvalue weighted by Gasteiger charge is 2.11. The monoisotopic (exact) mass is 215 g/mol. The average Bonchev–Trinajstić information content (AvgIpc) is 2.67. The molecule has 0 aliphatic heterocycles. The number of nitrogens with one attached hydrogen (secondary N) is 2. The molecule has 0 aliphatic rings. The topological polar surface area (TPSA) is 52.5 Å². The zero-order valence-electron chi connectivity index (χ0n) is 9.75. The third-order valence-electron chi connectivity index (χ3n) is 3.02. The lowest BCUT2D eigenvalue weighted by atomic mass is 9.96. The van der Waals surface area contributed by atoms with Crippen LogP contribution >= 0.6 is 0 Å². The van der Waals surface area contributed by atoms with Crippen LogP contribution in [0.5, 0.6) is 0 Å². The van der Waals surface area contributed by atoms with Crippen molar-refractivity contribution in [2.45, 2.75) is 26.7 Å². The molecular formula is C13H17N3. The van der Waals surface area contributed by atoms with Gasteiger partial charge in [-0.25, -0.2) is 4.98 Å². The van der Waals surface area contributed by atoms with Gasteiger partial charge < -0.3 is 10.4 Å². The normalized spacial score (nSPS) is 12.9. The van der Waals surface area contributed by atoms with Gasteiger partial charge in [0.2, 0.25) is 0 Å². The standard InChI is InChI=1S/C13H17N3/c1-3-10(9(2)14)7-12-8-11-5-4-6-15-13(11)16-12/h4-6,8,10,14H,3,7H2,1-2H3,(H,15,16)/t10-/m1/s1. The van der Waals surface area contributed by atoms with Crippen molar-refractivity contribution in [2.75, 3.05) is 0 Å². The smallest absolute Gasteiger partial charge is 0.137 e. The number of hydrogen-bond acceptors (Lipinski definition) is 2. The molecule has 2 aromatic rings. The molecule has 0 radical (unpaired) electrons. The molecule has 0 saturated heterocycles. The molecular weight excluding hydrogens is 198 g/mol. The van der Waals surface area contributed by atoms with Gasteiger partial charge in [-0.1, -0.05) is 6.92 Å². The number of rotatable bonds is 4. The lowest BCUT2D eigenvalue weighted by Crippen LogP contribution is -2.12. The summed E-state index contributed by atoms with van der Waals surface area (Å²) in [6.45, 7) is 4.01. The molecule has 0 bridgehead atoms. The van der Waals surface area contributed by atoms with Crippen LogP contribution in [-0.4, -0.2) is 15.7 Å². The van der Waals surface area contributed by atoms with Crippen LogP contribution in [0, 0.1) is 11.3 Å². The van der Waals surface area contributed by atoms with Gasteiger partial charge in [0.25, 0.3) is 0 Å². The average molecular weight is 215 g/mol. The lowest BCUT2D eigenvalue weighted by molar-refractivity contribution is 0.648. The molecule has 0 aliphatic carbocycles. The van der Waals surface area contributed by atoms with E-state index in [0.29, 0.717) is 5.92 Å². The van der Waals surface area contributed by atoms with Crippen LogP contribution in [0.3, 0.4) is 0 Å². The van der Waals surface area contributed by atoms with Gasteiger partial charge in [0.15, 0.2) is 0 Å². The minimum Gasteiger partial charge on any atom is -0.343 e. The van der Waals surface area contributed by atoms with Gasteiger partial charge >= 0.3 is 0 Å². The largest absolute Gasteiger partial charge is 0.343 e.